The minimum Gasteiger partial charge on any atom is -0.316 e. The number of nitrogens with one attached hydrogen (secondary N) is 1. The highest BCUT2D eigenvalue weighted by molar-refractivity contribution is 4.99. The van der Waals surface area contributed by atoms with Crippen LogP contribution < -0.4 is 5.32 Å². The van der Waals surface area contributed by atoms with Crippen molar-refractivity contribution in [1.82, 2.24) is 5.32 Å². The first kappa shape index (κ1) is 6.24. The molecule has 0 aromatic rings. The van der Waals surface area contributed by atoms with Gasteiger partial charge in [0.05, 0.1) is 0 Å². The largest absolute Gasteiger partial charge is 0.316 e. The molecular formula is C9H12N. The summed E-state index contributed by atoms with van der Waals surface area (Å²) in [7, 11) is 0. The molecule has 1 saturated heterocycles. The van der Waals surface area contributed by atoms with E-state index in [2.05, 4.69) is 11.2 Å². The SMILES string of the molecule is [C]#CC1CC2CNCC2C1. The van der Waals surface area contributed by atoms with Crippen LogP contribution in [-0.4, -0.2) is 13.1 Å². The normalized spacial score (nSPS) is 44.9. The molecule has 1 aliphatic heterocycles. The van der Waals surface area contributed by atoms with Gasteiger partial charge < -0.3 is 5.32 Å². The molecule has 0 aromatic carbocycles. The van der Waals surface area contributed by atoms with Crippen molar-refractivity contribution in [1.29, 1.82) is 0 Å². The number of rotatable bonds is 0. The van der Waals surface area contributed by atoms with Crippen molar-refractivity contribution < 1.29 is 0 Å². The van der Waals surface area contributed by atoms with Gasteiger partial charge in [0.1, 0.15) is 0 Å². The summed E-state index contributed by atoms with van der Waals surface area (Å²) in [6.45, 7) is 2.37. The molecule has 1 N–H and O–H groups in total. The Labute approximate surface area is 62.2 Å². The second-order valence-electron chi connectivity index (χ2n) is 3.49. The molecule has 1 saturated carbocycles. The Morgan fingerprint density at radius 1 is 1.20 bits per heavy atom. The maximum atomic E-state index is 7.01. The molecule has 0 amide bonds. The smallest absolute Gasteiger partial charge is 0.0219 e. The van der Waals surface area contributed by atoms with Crippen LogP contribution in [0, 0.1) is 30.1 Å². The summed E-state index contributed by atoms with van der Waals surface area (Å²) < 4.78 is 0. The maximum Gasteiger partial charge on any atom is 0.0219 e. The fraction of sp³-hybridized carbons (Fsp3) is 0.778. The summed E-state index contributed by atoms with van der Waals surface area (Å²) in [5, 5.41) is 3.38. The summed E-state index contributed by atoms with van der Waals surface area (Å²) >= 11 is 0. The lowest BCUT2D eigenvalue weighted by Crippen LogP contribution is -2.11. The molecule has 10 heavy (non-hydrogen) atoms. The van der Waals surface area contributed by atoms with Gasteiger partial charge >= 0.3 is 0 Å². The molecule has 2 atom stereocenters. The van der Waals surface area contributed by atoms with Gasteiger partial charge in [-0.1, -0.05) is 5.92 Å². The third-order valence-corrected chi connectivity index (χ3v) is 2.86. The Hall–Kier alpha value is -0.480. The Morgan fingerprint density at radius 2 is 1.80 bits per heavy atom. The van der Waals surface area contributed by atoms with Crippen molar-refractivity contribution in [3.8, 4) is 5.92 Å². The Kier molecular flexibility index (Phi) is 1.43. The second-order valence-corrected chi connectivity index (χ2v) is 3.49. The molecule has 1 nitrogen and oxygen atoms in total. The lowest BCUT2D eigenvalue weighted by molar-refractivity contribution is 0.494. The summed E-state index contributed by atoms with van der Waals surface area (Å²) in [6, 6.07) is 0. The molecular weight excluding hydrogens is 122 g/mol. The van der Waals surface area contributed by atoms with E-state index >= 15 is 0 Å². The van der Waals surface area contributed by atoms with E-state index < -0.39 is 0 Å². The third kappa shape index (κ3) is 0.839. The Balaban J connectivity index is 2.01. The summed E-state index contributed by atoms with van der Waals surface area (Å²) in [5.41, 5.74) is 0. The van der Waals surface area contributed by atoms with Crippen LogP contribution in [0.25, 0.3) is 0 Å². The zero-order valence-corrected chi connectivity index (χ0v) is 6.06. The molecule has 53 valence electrons. The average molecular weight is 134 g/mol. The van der Waals surface area contributed by atoms with Crippen LogP contribution in [0.5, 0.6) is 0 Å². The van der Waals surface area contributed by atoms with Gasteiger partial charge in [-0.15, -0.1) is 0 Å². The van der Waals surface area contributed by atoms with Crippen LogP contribution in [0.3, 0.4) is 0 Å². The first-order chi connectivity index (χ1) is 4.90. The van der Waals surface area contributed by atoms with E-state index in [1.165, 1.54) is 25.9 Å². The number of fused-ring (bicyclic) bond motifs is 1. The molecule has 2 rings (SSSR count). The van der Waals surface area contributed by atoms with E-state index in [0.29, 0.717) is 5.92 Å². The molecule has 1 heterocycles. The topological polar surface area (TPSA) is 12.0 Å². The van der Waals surface area contributed by atoms with Crippen molar-refractivity contribution in [3.63, 3.8) is 0 Å². The van der Waals surface area contributed by atoms with Crippen LogP contribution in [0.2, 0.25) is 0 Å². The van der Waals surface area contributed by atoms with Gasteiger partial charge in [-0.2, -0.15) is 0 Å². The lowest BCUT2D eigenvalue weighted by atomic mass is 10.0. The van der Waals surface area contributed by atoms with Crippen LogP contribution in [0.1, 0.15) is 12.8 Å². The average Bonchev–Trinajstić information content (AvgIpc) is 2.42. The zero-order chi connectivity index (χ0) is 6.97. The van der Waals surface area contributed by atoms with Gasteiger partial charge in [0.2, 0.25) is 0 Å². The van der Waals surface area contributed by atoms with Gasteiger partial charge in [0, 0.05) is 5.92 Å². The predicted octanol–water partition coefficient (Wildman–Crippen LogP) is 0.822. The van der Waals surface area contributed by atoms with Crippen LogP contribution in [0.4, 0.5) is 0 Å². The molecule has 0 spiro atoms. The lowest BCUT2D eigenvalue weighted by Gasteiger charge is -2.02. The highest BCUT2D eigenvalue weighted by Gasteiger charge is 2.36. The molecule has 0 aromatic heterocycles. The first-order valence-electron chi connectivity index (χ1n) is 4.03. The summed E-state index contributed by atoms with van der Waals surface area (Å²) in [5.74, 6) is 4.83. The predicted molar refractivity (Wildman–Crippen MR) is 39.7 cm³/mol. The van der Waals surface area contributed by atoms with E-state index in [1.807, 2.05) is 0 Å². The zero-order valence-electron chi connectivity index (χ0n) is 6.06. The minimum absolute atomic E-state index is 0.483. The van der Waals surface area contributed by atoms with Crippen LogP contribution in [0.15, 0.2) is 0 Å². The van der Waals surface area contributed by atoms with Gasteiger partial charge in [0.15, 0.2) is 0 Å². The first-order valence-corrected chi connectivity index (χ1v) is 4.03. The van der Waals surface area contributed by atoms with Gasteiger partial charge in [-0.3, -0.25) is 0 Å². The van der Waals surface area contributed by atoms with Gasteiger partial charge in [-0.05, 0) is 44.2 Å². The van der Waals surface area contributed by atoms with E-state index in [1.54, 1.807) is 0 Å². The van der Waals surface area contributed by atoms with Crippen molar-refractivity contribution >= 4 is 0 Å². The van der Waals surface area contributed by atoms with Crippen molar-refractivity contribution in [3.05, 3.63) is 6.42 Å². The molecule has 1 radical (unpaired) electrons. The third-order valence-electron chi connectivity index (χ3n) is 2.86. The highest BCUT2D eigenvalue weighted by atomic mass is 14.9. The van der Waals surface area contributed by atoms with E-state index in [-0.39, 0.29) is 0 Å². The number of hydrogen-bond donors (Lipinski definition) is 1. The Bertz CT molecular complexity index is 156. The number of hydrogen-bond acceptors (Lipinski definition) is 1. The summed E-state index contributed by atoms with van der Waals surface area (Å²) in [6.07, 6.45) is 9.43. The van der Waals surface area contributed by atoms with Crippen molar-refractivity contribution in [2.75, 3.05) is 13.1 Å². The minimum atomic E-state index is 0.483. The molecule has 1 heteroatoms. The monoisotopic (exact) mass is 134 g/mol. The second kappa shape index (κ2) is 2.29. The van der Waals surface area contributed by atoms with Crippen LogP contribution >= 0.6 is 0 Å². The Morgan fingerprint density at radius 3 is 2.30 bits per heavy atom. The van der Waals surface area contributed by atoms with Gasteiger partial charge in [-0.25, -0.2) is 0 Å². The van der Waals surface area contributed by atoms with Crippen LogP contribution in [-0.2, 0) is 0 Å². The molecule has 0 bridgehead atoms. The van der Waals surface area contributed by atoms with E-state index in [9.17, 15) is 0 Å². The van der Waals surface area contributed by atoms with E-state index in [0.717, 1.165) is 11.8 Å². The highest BCUT2D eigenvalue weighted by Crippen LogP contribution is 2.37. The van der Waals surface area contributed by atoms with E-state index in [4.69, 9.17) is 6.42 Å². The van der Waals surface area contributed by atoms with Gasteiger partial charge in [0.25, 0.3) is 0 Å². The molecule has 2 aliphatic rings. The fourth-order valence-corrected chi connectivity index (χ4v) is 2.28. The quantitative estimate of drug-likeness (QED) is 0.484. The molecule has 1 aliphatic carbocycles. The molecule has 2 unspecified atom stereocenters. The molecule has 2 fully saturated rings. The van der Waals surface area contributed by atoms with Crippen molar-refractivity contribution in [2.45, 2.75) is 12.8 Å². The summed E-state index contributed by atoms with van der Waals surface area (Å²) in [4.78, 5) is 0. The standard InChI is InChI=1S/C9H12N/c1-2-7-3-8-5-10-6-9(8)4-7/h7-10H,3-6H2. The van der Waals surface area contributed by atoms with Crippen molar-refractivity contribution in [2.24, 2.45) is 17.8 Å². The maximum absolute atomic E-state index is 7.01. The fourth-order valence-electron chi connectivity index (χ4n) is 2.28.